The van der Waals surface area contributed by atoms with Gasteiger partial charge in [-0.3, -0.25) is 0 Å². The van der Waals surface area contributed by atoms with Gasteiger partial charge in [0.05, 0.1) is 0 Å². The maximum Gasteiger partial charge on any atom is 0.128 e. The molecule has 2 N–H and O–H groups in total. The molecule has 1 heterocycles. The van der Waals surface area contributed by atoms with Crippen LogP contribution in [0.3, 0.4) is 0 Å². The van der Waals surface area contributed by atoms with E-state index in [0.717, 1.165) is 30.2 Å². The summed E-state index contributed by atoms with van der Waals surface area (Å²) in [6.45, 7) is 5.05. The monoisotopic (exact) mass is 273 g/mol. The Morgan fingerprint density at radius 1 is 1.10 bits per heavy atom. The van der Waals surface area contributed by atoms with Crippen molar-refractivity contribution in [1.29, 1.82) is 0 Å². The second kappa shape index (κ2) is 6.89. The highest BCUT2D eigenvalue weighted by Crippen LogP contribution is 2.19. The Hall–Kier alpha value is -2.10. The predicted molar refractivity (Wildman–Crippen MR) is 81.5 cm³/mol. The molecule has 1 aromatic carbocycles. The lowest BCUT2D eigenvalue weighted by Gasteiger charge is -2.15. The highest BCUT2D eigenvalue weighted by atomic mass is 19.1. The van der Waals surface area contributed by atoms with Crippen LogP contribution in [0.1, 0.15) is 31.9 Å². The zero-order chi connectivity index (χ0) is 14.4. The highest BCUT2D eigenvalue weighted by Gasteiger charge is 2.06. The van der Waals surface area contributed by atoms with Gasteiger partial charge in [-0.05, 0) is 43.2 Å². The number of hydrogen-bond acceptors (Lipinski definition) is 3. The quantitative estimate of drug-likeness (QED) is 0.827. The van der Waals surface area contributed by atoms with Crippen LogP contribution in [-0.4, -0.2) is 11.5 Å². The van der Waals surface area contributed by atoms with Crippen LogP contribution in [0, 0.1) is 5.82 Å². The lowest BCUT2D eigenvalue weighted by Crippen LogP contribution is -2.09. The number of hydrogen-bond donors (Lipinski definition) is 2. The van der Waals surface area contributed by atoms with E-state index >= 15 is 0 Å². The Kier molecular flexibility index (Phi) is 4.93. The number of rotatable bonds is 6. The molecule has 0 aliphatic rings. The molecule has 4 heteroatoms. The molecule has 20 heavy (non-hydrogen) atoms. The Balaban J connectivity index is 2.03. The average molecular weight is 273 g/mol. The van der Waals surface area contributed by atoms with E-state index in [-0.39, 0.29) is 11.9 Å². The van der Waals surface area contributed by atoms with Crippen molar-refractivity contribution in [1.82, 2.24) is 4.98 Å². The Morgan fingerprint density at radius 3 is 2.50 bits per heavy atom. The summed E-state index contributed by atoms with van der Waals surface area (Å²) >= 11 is 0. The molecule has 0 bridgehead atoms. The molecule has 3 nitrogen and oxygen atoms in total. The molecule has 0 saturated heterocycles. The molecule has 1 unspecified atom stereocenters. The van der Waals surface area contributed by atoms with Gasteiger partial charge in [0.25, 0.3) is 0 Å². The summed E-state index contributed by atoms with van der Waals surface area (Å²) < 4.78 is 12.9. The molecule has 0 fully saturated rings. The standard InChI is InChI=1S/C16H20FN3/c1-3-11-18-15-5-4-6-16(20-15)19-12(2)13-7-9-14(17)10-8-13/h4-10,12H,3,11H2,1-2H3,(H2,18,19,20). The van der Waals surface area contributed by atoms with Crippen molar-refractivity contribution >= 4 is 11.6 Å². The number of anilines is 2. The molecule has 0 spiro atoms. The summed E-state index contributed by atoms with van der Waals surface area (Å²) in [5.74, 6) is 1.45. The first-order chi connectivity index (χ1) is 9.69. The van der Waals surface area contributed by atoms with Crippen LogP contribution in [-0.2, 0) is 0 Å². The molecule has 0 amide bonds. The van der Waals surface area contributed by atoms with Crippen LogP contribution in [0.25, 0.3) is 0 Å². The van der Waals surface area contributed by atoms with E-state index in [9.17, 15) is 4.39 Å². The highest BCUT2D eigenvalue weighted by molar-refractivity contribution is 5.46. The first-order valence-electron chi connectivity index (χ1n) is 6.92. The Labute approximate surface area is 119 Å². The van der Waals surface area contributed by atoms with Crippen LogP contribution in [0.2, 0.25) is 0 Å². The maximum absolute atomic E-state index is 12.9. The van der Waals surface area contributed by atoms with Gasteiger partial charge >= 0.3 is 0 Å². The molecule has 2 aromatic rings. The first-order valence-corrected chi connectivity index (χ1v) is 6.92. The van der Waals surface area contributed by atoms with E-state index in [1.54, 1.807) is 12.1 Å². The smallest absolute Gasteiger partial charge is 0.128 e. The van der Waals surface area contributed by atoms with Gasteiger partial charge in [0.2, 0.25) is 0 Å². The van der Waals surface area contributed by atoms with E-state index in [1.165, 1.54) is 12.1 Å². The molecule has 0 aliphatic heterocycles. The normalized spacial score (nSPS) is 11.9. The van der Waals surface area contributed by atoms with Crippen molar-refractivity contribution in [2.24, 2.45) is 0 Å². The third kappa shape index (κ3) is 3.95. The Bertz CT molecular complexity index is 540. The molecule has 0 radical (unpaired) electrons. The van der Waals surface area contributed by atoms with Gasteiger partial charge < -0.3 is 10.6 Å². The largest absolute Gasteiger partial charge is 0.370 e. The molecule has 106 valence electrons. The second-order valence-electron chi connectivity index (χ2n) is 4.75. The number of nitrogens with one attached hydrogen (secondary N) is 2. The van der Waals surface area contributed by atoms with Gasteiger partial charge in [-0.2, -0.15) is 0 Å². The van der Waals surface area contributed by atoms with Gasteiger partial charge in [-0.15, -0.1) is 0 Å². The molecule has 1 atom stereocenters. The Morgan fingerprint density at radius 2 is 1.80 bits per heavy atom. The van der Waals surface area contributed by atoms with Gasteiger partial charge in [-0.25, -0.2) is 9.37 Å². The maximum atomic E-state index is 12.9. The minimum Gasteiger partial charge on any atom is -0.370 e. The SMILES string of the molecule is CCCNc1cccc(NC(C)c2ccc(F)cc2)n1. The van der Waals surface area contributed by atoms with E-state index < -0.39 is 0 Å². The zero-order valence-corrected chi connectivity index (χ0v) is 11.9. The number of nitrogens with zero attached hydrogens (tertiary/aromatic N) is 1. The van der Waals surface area contributed by atoms with Gasteiger partial charge in [0.15, 0.2) is 0 Å². The van der Waals surface area contributed by atoms with Crippen LogP contribution < -0.4 is 10.6 Å². The van der Waals surface area contributed by atoms with E-state index in [1.807, 2.05) is 25.1 Å². The molecule has 1 aromatic heterocycles. The van der Waals surface area contributed by atoms with Gasteiger partial charge in [0.1, 0.15) is 17.5 Å². The van der Waals surface area contributed by atoms with Crippen LogP contribution in [0.4, 0.5) is 16.0 Å². The summed E-state index contributed by atoms with van der Waals surface area (Å²) in [5.41, 5.74) is 1.03. The van der Waals surface area contributed by atoms with Crippen LogP contribution in [0.15, 0.2) is 42.5 Å². The molecular weight excluding hydrogens is 253 g/mol. The van der Waals surface area contributed by atoms with E-state index in [4.69, 9.17) is 0 Å². The van der Waals surface area contributed by atoms with Crippen molar-refractivity contribution in [2.75, 3.05) is 17.2 Å². The summed E-state index contributed by atoms with van der Waals surface area (Å²) in [5, 5.41) is 6.58. The number of aromatic nitrogens is 1. The van der Waals surface area contributed by atoms with E-state index in [2.05, 4.69) is 22.5 Å². The molecule has 2 rings (SSSR count). The minimum atomic E-state index is -0.218. The third-order valence-electron chi connectivity index (χ3n) is 3.04. The molecule has 0 aliphatic carbocycles. The van der Waals surface area contributed by atoms with Crippen molar-refractivity contribution in [3.63, 3.8) is 0 Å². The molecule has 0 saturated carbocycles. The first kappa shape index (κ1) is 14.3. The summed E-state index contributed by atoms with van der Waals surface area (Å²) in [4.78, 5) is 4.50. The number of benzene rings is 1. The fourth-order valence-electron chi connectivity index (χ4n) is 1.92. The van der Waals surface area contributed by atoms with Crippen molar-refractivity contribution in [3.05, 3.63) is 53.8 Å². The van der Waals surface area contributed by atoms with Crippen LogP contribution >= 0.6 is 0 Å². The van der Waals surface area contributed by atoms with Crippen molar-refractivity contribution in [3.8, 4) is 0 Å². The summed E-state index contributed by atoms with van der Waals surface area (Å²) in [6, 6.07) is 12.4. The fourth-order valence-corrected chi connectivity index (χ4v) is 1.92. The van der Waals surface area contributed by atoms with Gasteiger partial charge in [0, 0.05) is 12.6 Å². The van der Waals surface area contributed by atoms with Crippen molar-refractivity contribution < 1.29 is 4.39 Å². The summed E-state index contributed by atoms with van der Waals surface area (Å²) in [7, 11) is 0. The lowest BCUT2D eigenvalue weighted by atomic mass is 10.1. The topological polar surface area (TPSA) is 37.0 Å². The lowest BCUT2D eigenvalue weighted by molar-refractivity contribution is 0.626. The van der Waals surface area contributed by atoms with E-state index in [0.29, 0.717) is 0 Å². The third-order valence-corrected chi connectivity index (χ3v) is 3.04. The minimum absolute atomic E-state index is 0.0736. The second-order valence-corrected chi connectivity index (χ2v) is 4.75. The number of halogens is 1. The molecular formula is C16H20FN3. The number of pyridine rings is 1. The van der Waals surface area contributed by atoms with Crippen LogP contribution in [0.5, 0.6) is 0 Å². The van der Waals surface area contributed by atoms with Crippen molar-refractivity contribution in [2.45, 2.75) is 26.3 Å². The predicted octanol–water partition coefficient (Wildman–Crippen LogP) is 4.22. The zero-order valence-electron chi connectivity index (χ0n) is 11.9. The fraction of sp³-hybridized carbons (Fsp3) is 0.312. The average Bonchev–Trinajstić information content (AvgIpc) is 2.46. The van der Waals surface area contributed by atoms with Gasteiger partial charge in [-0.1, -0.05) is 25.1 Å². The summed E-state index contributed by atoms with van der Waals surface area (Å²) in [6.07, 6.45) is 1.06.